The molecule has 0 aliphatic heterocycles. The van der Waals surface area contributed by atoms with Crippen molar-refractivity contribution >= 4 is 0 Å². The first-order valence-electron chi connectivity index (χ1n) is 4.18. The van der Waals surface area contributed by atoms with Crippen molar-refractivity contribution in [2.45, 2.75) is 0 Å². The fourth-order valence-corrected chi connectivity index (χ4v) is 1.26. The van der Waals surface area contributed by atoms with E-state index in [9.17, 15) is 9.50 Å². The van der Waals surface area contributed by atoms with E-state index in [1.807, 2.05) is 0 Å². The number of phenolic OH excluding ortho intramolecular Hbond substituents is 1. The van der Waals surface area contributed by atoms with Crippen molar-refractivity contribution in [3.8, 4) is 17.0 Å². The molecule has 14 heavy (non-hydrogen) atoms. The maximum Gasteiger partial charge on any atom is 0.149 e. The molecule has 0 saturated carbocycles. The zero-order valence-electron chi connectivity index (χ0n) is 7.31. The molecule has 1 heterocycles. The maximum atomic E-state index is 13.3. The molecule has 0 unspecified atom stereocenters. The molecule has 0 aliphatic carbocycles. The average molecular weight is 189 g/mol. The van der Waals surface area contributed by atoms with Crippen LogP contribution in [0.1, 0.15) is 0 Å². The summed E-state index contributed by atoms with van der Waals surface area (Å²) in [5.74, 6) is -0.404. The van der Waals surface area contributed by atoms with Crippen LogP contribution in [0.3, 0.4) is 0 Å². The van der Waals surface area contributed by atoms with Gasteiger partial charge in [0, 0.05) is 11.8 Å². The number of pyridine rings is 1. The molecular formula is C11H8FNO. The van der Waals surface area contributed by atoms with Crippen molar-refractivity contribution in [2.24, 2.45) is 0 Å². The highest BCUT2D eigenvalue weighted by atomic mass is 19.1. The molecule has 0 fully saturated rings. The topological polar surface area (TPSA) is 33.1 Å². The van der Waals surface area contributed by atoms with Gasteiger partial charge in [-0.2, -0.15) is 0 Å². The Morgan fingerprint density at radius 1 is 1.07 bits per heavy atom. The van der Waals surface area contributed by atoms with Gasteiger partial charge in [-0.1, -0.05) is 12.1 Å². The van der Waals surface area contributed by atoms with Crippen molar-refractivity contribution in [3.63, 3.8) is 0 Å². The Morgan fingerprint density at radius 3 is 2.57 bits per heavy atom. The average Bonchev–Trinajstić information content (AvgIpc) is 2.20. The quantitative estimate of drug-likeness (QED) is 0.747. The third kappa shape index (κ3) is 1.44. The van der Waals surface area contributed by atoms with E-state index in [0.29, 0.717) is 5.56 Å². The Bertz CT molecular complexity index is 413. The Kier molecular flexibility index (Phi) is 2.14. The number of rotatable bonds is 1. The molecule has 1 N–H and O–H groups in total. The van der Waals surface area contributed by atoms with Crippen molar-refractivity contribution in [2.75, 3.05) is 0 Å². The van der Waals surface area contributed by atoms with E-state index in [0.717, 1.165) is 0 Å². The monoisotopic (exact) mass is 189 g/mol. The van der Waals surface area contributed by atoms with Gasteiger partial charge in [0.2, 0.25) is 0 Å². The van der Waals surface area contributed by atoms with Crippen molar-refractivity contribution in [3.05, 3.63) is 48.4 Å². The number of hydrogen-bond acceptors (Lipinski definition) is 2. The molecule has 0 aliphatic rings. The standard InChI is InChI=1S/C11H8FNO/c12-9-5-3-7-13-11(9)8-4-1-2-6-10(8)14/h1-7,14H. The van der Waals surface area contributed by atoms with Gasteiger partial charge in [0.1, 0.15) is 17.3 Å². The smallest absolute Gasteiger partial charge is 0.149 e. The van der Waals surface area contributed by atoms with Crippen LogP contribution in [0.4, 0.5) is 4.39 Å². The summed E-state index contributed by atoms with van der Waals surface area (Å²) < 4.78 is 13.3. The van der Waals surface area contributed by atoms with E-state index >= 15 is 0 Å². The molecule has 2 nitrogen and oxygen atoms in total. The number of benzene rings is 1. The van der Waals surface area contributed by atoms with Gasteiger partial charge in [0.25, 0.3) is 0 Å². The fourth-order valence-electron chi connectivity index (χ4n) is 1.26. The summed E-state index contributed by atoms with van der Waals surface area (Å²) in [5, 5.41) is 9.48. The van der Waals surface area contributed by atoms with E-state index < -0.39 is 5.82 Å². The predicted octanol–water partition coefficient (Wildman–Crippen LogP) is 2.59. The summed E-state index contributed by atoms with van der Waals surface area (Å²) in [6.07, 6.45) is 1.49. The van der Waals surface area contributed by atoms with Crippen LogP contribution in [0.2, 0.25) is 0 Å². The van der Waals surface area contributed by atoms with Crippen LogP contribution in [0, 0.1) is 5.82 Å². The van der Waals surface area contributed by atoms with Gasteiger partial charge in [-0.3, -0.25) is 4.98 Å². The highest BCUT2D eigenvalue weighted by Crippen LogP contribution is 2.28. The van der Waals surface area contributed by atoms with Gasteiger partial charge in [0.05, 0.1) is 0 Å². The van der Waals surface area contributed by atoms with Gasteiger partial charge < -0.3 is 5.11 Å². The molecular weight excluding hydrogens is 181 g/mol. The first-order chi connectivity index (χ1) is 6.79. The molecule has 0 amide bonds. The first kappa shape index (κ1) is 8.69. The second-order valence-electron chi connectivity index (χ2n) is 2.85. The third-order valence-electron chi connectivity index (χ3n) is 1.92. The largest absolute Gasteiger partial charge is 0.507 e. The SMILES string of the molecule is Oc1ccccc1-c1ncccc1F. The van der Waals surface area contributed by atoms with Gasteiger partial charge in [-0.25, -0.2) is 4.39 Å². The van der Waals surface area contributed by atoms with Crippen molar-refractivity contribution < 1.29 is 9.50 Å². The van der Waals surface area contributed by atoms with E-state index in [-0.39, 0.29) is 11.4 Å². The molecule has 2 rings (SSSR count). The fraction of sp³-hybridized carbons (Fsp3) is 0. The molecule has 0 bridgehead atoms. The summed E-state index contributed by atoms with van der Waals surface area (Å²) in [4.78, 5) is 3.87. The van der Waals surface area contributed by atoms with Gasteiger partial charge in [0.15, 0.2) is 0 Å². The molecule has 0 saturated heterocycles. The lowest BCUT2D eigenvalue weighted by atomic mass is 10.1. The molecule has 3 heteroatoms. The summed E-state index contributed by atoms with van der Waals surface area (Å²) >= 11 is 0. The lowest BCUT2D eigenvalue weighted by molar-refractivity contribution is 0.476. The first-order valence-corrected chi connectivity index (χ1v) is 4.18. The molecule has 70 valence electrons. The Labute approximate surface area is 80.7 Å². The number of para-hydroxylation sites is 1. The second-order valence-corrected chi connectivity index (χ2v) is 2.85. The van der Waals surface area contributed by atoms with Crippen molar-refractivity contribution in [1.29, 1.82) is 0 Å². The third-order valence-corrected chi connectivity index (χ3v) is 1.92. The maximum absolute atomic E-state index is 13.3. The number of halogens is 1. The zero-order valence-corrected chi connectivity index (χ0v) is 7.31. The lowest BCUT2D eigenvalue weighted by Gasteiger charge is -2.03. The van der Waals surface area contributed by atoms with Crippen LogP contribution in [0.5, 0.6) is 5.75 Å². The summed E-state index contributed by atoms with van der Waals surface area (Å²) in [6, 6.07) is 9.36. The van der Waals surface area contributed by atoms with Gasteiger partial charge >= 0.3 is 0 Å². The number of nitrogens with zero attached hydrogens (tertiary/aromatic N) is 1. The Balaban J connectivity index is 2.61. The summed E-state index contributed by atoms with van der Waals surface area (Å²) in [7, 11) is 0. The summed E-state index contributed by atoms with van der Waals surface area (Å²) in [5.41, 5.74) is 0.580. The highest BCUT2D eigenvalue weighted by Gasteiger charge is 2.08. The van der Waals surface area contributed by atoms with Crippen LogP contribution in [0.25, 0.3) is 11.3 Å². The Hall–Kier alpha value is -1.90. The molecule has 0 radical (unpaired) electrons. The molecule has 0 atom stereocenters. The normalized spacial score (nSPS) is 10.1. The van der Waals surface area contributed by atoms with Gasteiger partial charge in [-0.15, -0.1) is 0 Å². The van der Waals surface area contributed by atoms with Crippen LogP contribution >= 0.6 is 0 Å². The minimum Gasteiger partial charge on any atom is -0.507 e. The molecule has 1 aromatic carbocycles. The molecule has 0 spiro atoms. The number of aromatic nitrogens is 1. The van der Waals surface area contributed by atoms with Crippen molar-refractivity contribution in [1.82, 2.24) is 4.98 Å². The number of phenols is 1. The van der Waals surface area contributed by atoms with E-state index in [4.69, 9.17) is 0 Å². The van der Waals surface area contributed by atoms with Crippen LogP contribution in [-0.2, 0) is 0 Å². The molecule has 2 aromatic rings. The number of aromatic hydroxyl groups is 1. The minimum atomic E-state index is -0.436. The van der Waals surface area contributed by atoms with E-state index in [1.54, 1.807) is 18.2 Å². The van der Waals surface area contributed by atoms with Gasteiger partial charge in [-0.05, 0) is 24.3 Å². The Morgan fingerprint density at radius 2 is 1.86 bits per heavy atom. The second kappa shape index (κ2) is 3.46. The summed E-state index contributed by atoms with van der Waals surface area (Å²) in [6.45, 7) is 0. The number of hydrogen-bond donors (Lipinski definition) is 1. The molecule has 1 aromatic heterocycles. The zero-order chi connectivity index (χ0) is 9.97. The van der Waals surface area contributed by atoms with Crippen LogP contribution in [0.15, 0.2) is 42.6 Å². The minimum absolute atomic E-state index is 0.0325. The predicted molar refractivity (Wildman–Crippen MR) is 51.3 cm³/mol. The van der Waals surface area contributed by atoms with E-state index in [1.165, 1.54) is 24.4 Å². The van der Waals surface area contributed by atoms with E-state index in [2.05, 4.69) is 4.98 Å². The van der Waals surface area contributed by atoms with Crippen LogP contribution < -0.4 is 0 Å². The van der Waals surface area contributed by atoms with Crippen LogP contribution in [-0.4, -0.2) is 10.1 Å². The lowest BCUT2D eigenvalue weighted by Crippen LogP contribution is -1.87. The highest BCUT2D eigenvalue weighted by molar-refractivity contribution is 5.66.